The Morgan fingerprint density at radius 1 is 1.06 bits per heavy atom. The number of halogens is 1. The Kier molecular flexibility index (Phi) is 7.80. The van der Waals surface area contributed by atoms with Gasteiger partial charge in [-0.15, -0.1) is 0 Å². The van der Waals surface area contributed by atoms with E-state index < -0.39 is 32.4 Å². The molecule has 2 fully saturated rings. The third kappa shape index (κ3) is 6.55. The fourth-order valence-electron chi connectivity index (χ4n) is 3.49. The van der Waals surface area contributed by atoms with Crippen molar-refractivity contribution in [3.05, 3.63) is 24.0 Å². The number of benzene rings is 1. The predicted molar refractivity (Wildman–Crippen MR) is 119 cm³/mol. The molecule has 1 N–H and O–H groups in total. The van der Waals surface area contributed by atoms with Gasteiger partial charge in [-0.05, 0) is 39.0 Å². The molecule has 33 heavy (non-hydrogen) atoms. The van der Waals surface area contributed by atoms with E-state index >= 15 is 0 Å². The van der Waals surface area contributed by atoms with Crippen LogP contribution in [0.5, 0.6) is 0 Å². The summed E-state index contributed by atoms with van der Waals surface area (Å²) in [5.41, 5.74) is -0.263. The fourth-order valence-corrected chi connectivity index (χ4v) is 4.99. The summed E-state index contributed by atoms with van der Waals surface area (Å²) >= 11 is 0. The first-order valence-corrected chi connectivity index (χ1v) is 12.3. The van der Waals surface area contributed by atoms with Crippen molar-refractivity contribution in [3.63, 3.8) is 0 Å². The number of rotatable bonds is 5. The van der Waals surface area contributed by atoms with Crippen LogP contribution in [0, 0.1) is 5.82 Å². The Morgan fingerprint density at radius 3 is 2.27 bits per heavy atom. The average Bonchev–Trinajstić information content (AvgIpc) is 2.77. The molecule has 12 heteroatoms. The molecule has 2 heterocycles. The van der Waals surface area contributed by atoms with E-state index in [4.69, 9.17) is 9.47 Å². The summed E-state index contributed by atoms with van der Waals surface area (Å²) in [5.74, 6) is -1.06. The molecule has 1 aromatic carbocycles. The van der Waals surface area contributed by atoms with Crippen molar-refractivity contribution in [1.29, 1.82) is 0 Å². The fraction of sp³-hybridized carbons (Fsp3) is 0.619. The van der Waals surface area contributed by atoms with Crippen LogP contribution in [0.15, 0.2) is 23.1 Å². The van der Waals surface area contributed by atoms with Crippen LogP contribution in [-0.2, 0) is 24.3 Å². The SMILES string of the molecule is CC(C)(C)OC(=O)N1CCN(C(=O)CNc2ccc(F)c(S(=O)(=O)N3CCOCC3)c2)CC1. The number of ether oxygens (including phenoxy) is 2. The zero-order chi connectivity index (χ0) is 24.2. The Labute approximate surface area is 193 Å². The lowest BCUT2D eigenvalue weighted by molar-refractivity contribution is -0.131. The maximum atomic E-state index is 14.3. The number of nitrogens with zero attached hydrogens (tertiary/aromatic N) is 3. The highest BCUT2D eigenvalue weighted by Gasteiger charge is 2.30. The summed E-state index contributed by atoms with van der Waals surface area (Å²) in [4.78, 5) is 27.5. The number of nitrogens with one attached hydrogen (secondary N) is 1. The lowest BCUT2D eigenvalue weighted by atomic mass is 10.2. The largest absolute Gasteiger partial charge is 0.444 e. The van der Waals surface area contributed by atoms with E-state index in [2.05, 4.69) is 5.32 Å². The van der Waals surface area contributed by atoms with E-state index in [0.29, 0.717) is 31.9 Å². The quantitative estimate of drug-likeness (QED) is 0.669. The molecule has 1 aromatic rings. The summed E-state index contributed by atoms with van der Waals surface area (Å²) in [5, 5.41) is 2.88. The molecule has 0 atom stereocenters. The standard InChI is InChI=1S/C21H31FN4O6S/c1-21(2,3)32-20(28)25-8-6-24(7-9-25)19(27)15-23-16-4-5-17(22)18(14-16)33(29,30)26-10-12-31-13-11-26/h4-5,14,23H,6-13,15H2,1-3H3. The van der Waals surface area contributed by atoms with Crippen LogP contribution in [-0.4, -0.2) is 99.2 Å². The number of piperazine rings is 1. The van der Waals surface area contributed by atoms with Gasteiger partial charge in [0.2, 0.25) is 15.9 Å². The van der Waals surface area contributed by atoms with E-state index in [1.165, 1.54) is 16.4 Å². The average molecular weight is 487 g/mol. The number of carbonyl (C=O) groups excluding carboxylic acids is 2. The Bertz CT molecular complexity index is 967. The highest BCUT2D eigenvalue weighted by molar-refractivity contribution is 7.89. The van der Waals surface area contributed by atoms with Gasteiger partial charge in [-0.2, -0.15) is 4.31 Å². The Balaban J connectivity index is 1.56. The molecule has 10 nitrogen and oxygen atoms in total. The molecular formula is C21H31FN4O6S. The second kappa shape index (κ2) is 10.2. The molecule has 0 bridgehead atoms. The number of sulfonamides is 1. The van der Waals surface area contributed by atoms with Gasteiger partial charge >= 0.3 is 6.09 Å². The summed E-state index contributed by atoms with van der Waals surface area (Å²) in [6.45, 7) is 7.58. The number of anilines is 1. The normalized spacial score (nSPS) is 18.2. The topological polar surface area (TPSA) is 108 Å². The lowest BCUT2D eigenvalue weighted by Crippen LogP contribution is -2.52. The molecule has 0 unspecified atom stereocenters. The Morgan fingerprint density at radius 2 is 1.67 bits per heavy atom. The van der Waals surface area contributed by atoms with Crippen LogP contribution in [0.3, 0.4) is 0 Å². The van der Waals surface area contributed by atoms with Gasteiger partial charge in [0.05, 0.1) is 19.8 Å². The van der Waals surface area contributed by atoms with Gasteiger partial charge in [-0.3, -0.25) is 4.79 Å². The molecule has 0 radical (unpaired) electrons. The van der Waals surface area contributed by atoms with E-state index in [1.807, 2.05) is 0 Å². The molecule has 2 amide bonds. The van der Waals surface area contributed by atoms with E-state index in [9.17, 15) is 22.4 Å². The van der Waals surface area contributed by atoms with Gasteiger partial charge in [0.1, 0.15) is 16.3 Å². The monoisotopic (exact) mass is 486 g/mol. The van der Waals surface area contributed by atoms with E-state index in [1.54, 1.807) is 30.6 Å². The van der Waals surface area contributed by atoms with Crippen molar-refractivity contribution in [2.75, 3.05) is 64.3 Å². The highest BCUT2D eigenvalue weighted by Crippen LogP contribution is 2.24. The number of hydrogen-bond acceptors (Lipinski definition) is 7. The first-order valence-electron chi connectivity index (χ1n) is 10.8. The Hall–Kier alpha value is -2.44. The molecule has 0 aromatic heterocycles. The molecule has 2 aliphatic heterocycles. The van der Waals surface area contributed by atoms with Crippen molar-refractivity contribution < 1.29 is 31.9 Å². The second-order valence-corrected chi connectivity index (χ2v) is 10.8. The summed E-state index contributed by atoms with van der Waals surface area (Å²) < 4.78 is 51.6. The lowest BCUT2D eigenvalue weighted by Gasteiger charge is -2.35. The third-order valence-corrected chi connectivity index (χ3v) is 7.16. The predicted octanol–water partition coefficient (Wildman–Crippen LogP) is 1.34. The van der Waals surface area contributed by atoms with Crippen molar-refractivity contribution in [2.24, 2.45) is 0 Å². The first-order chi connectivity index (χ1) is 15.5. The first kappa shape index (κ1) is 25.2. The molecule has 0 aliphatic carbocycles. The molecule has 184 valence electrons. The molecule has 2 aliphatic rings. The minimum Gasteiger partial charge on any atom is -0.444 e. The number of hydrogen-bond donors (Lipinski definition) is 1. The second-order valence-electron chi connectivity index (χ2n) is 8.86. The van der Waals surface area contributed by atoms with Gasteiger partial charge in [0, 0.05) is 45.0 Å². The van der Waals surface area contributed by atoms with Crippen molar-refractivity contribution in [3.8, 4) is 0 Å². The molecular weight excluding hydrogens is 455 g/mol. The maximum Gasteiger partial charge on any atom is 0.410 e. The summed E-state index contributed by atoms with van der Waals surface area (Å²) in [6, 6.07) is 3.66. The summed E-state index contributed by atoms with van der Waals surface area (Å²) in [7, 11) is -4.01. The van der Waals surface area contributed by atoms with Crippen LogP contribution in [0.4, 0.5) is 14.9 Å². The van der Waals surface area contributed by atoms with Gasteiger partial charge in [-0.1, -0.05) is 0 Å². The summed E-state index contributed by atoms with van der Waals surface area (Å²) in [6.07, 6.45) is -0.409. The van der Waals surface area contributed by atoms with Gasteiger partial charge in [0.15, 0.2) is 0 Å². The molecule has 3 rings (SSSR count). The minimum atomic E-state index is -4.01. The minimum absolute atomic E-state index is 0.0882. The number of morpholine rings is 1. The van der Waals surface area contributed by atoms with E-state index in [0.717, 1.165) is 6.07 Å². The highest BCUT2D eigenvalue weighted by atomic mass is 32.2. The number of carbonyl (C=O) groups is 2. The van der Waals surface area contributed by atoms with Gasteiger partial charge in [-0.25, -0.2) is 17.6 Å². The van der Waals surface area contributed by atoms with Crippen LogP contribution in [0.1, 0.15) is 20.8 Å². The molecule has 0 spiro atoms. The maximum absolute atomic E-state index is 14.3. The smallest absolute Gasteiger partial charge is 0.410 e. The third-order valence-electron chi connectivity index (χ3n) is 5.25. The van der Waals surface area contributed by atoms with Crippen LogP contribution < -0.4 is 5.32 Å². The zero-order valence-corrected chi connectivity index (χ0v) is 20.0. The molecule has 2 saturated heterocycles. The van der Waals surface area contributed by atoms with Gasteiger partial charge in [0.25, 0.3) is 0 Å². The van der Waals surface area contributed by atoms with E-state index in [-0.39, 0.29) is 38.8 Å². The van der Waals surface area contributed by atoms with Crippen molar-refractivity contribution >= 4 is 27.7 Å². The van der Waals surface area contributed by atoms with Gasteiger partial charge < -0.3 is 24.6 Å². The van der Waals surface area contributed by atoms with Crippen LogP contribution in [0.2, 0.25) is 0 Å². The van der Waals surface area contributed by atoms with Crippen LogP contribution in [0.25, 0.3) is 0 Å². The van der Waals surface area contributed by atoms with Crippen molar-refractivity contribution in [2.45, 2.75) is 31.3 Å². The zero-order valence-electron chi connectivity index (χ0n) is 19.2. The molecule has 0 saturated carbocycles. The number of amides is 2. The van der Waals surface area contributed by atoms with Crippen molar-refractivity contribution in [1.82, 2.24) is 14.1 Å². The van der Waals surface area contributed by atoms with Crippen LogP contribution >= 0.6 is 0 Å².